The number of aliphatic hydroxyl groups is 1. The van der Waals surface area contributed by atoms with Crippen LogP contribution in [0.15, 0.2) is 54.6 Å². The third-order valence-corrected chi connectivity index (χ3v) is 5.51. The third-order valence-electron chi connectivity index (χ3n) is 5.26. The van der Waals surface area contributed by atoms with Crippen LogP contribution in [0.5, 0.6) is 0 Å². The van der Waals surface area contributed by atoms with Crippen molar-refractivity contribution >= 4 is 17.5 Å². The lowest BCUT2D eigenvalue weighted by atomic mass is 9.83. The van der Waals surface area contributed by atoms with Crippen molar-refractivity contribution in [2.75, 3.05) is 13.2 Å². The van der Waals surface area contributed by atoms with Gasteiger partial charge in [-0.3, -0.25) is 4.79 Å². The van der Waals surface area contributed by atoms with Crippen molar-refractivity contribution in [3.05, 3.63) is 70.7 Å². The van der Waals surface area contributed by atoms with Crippen molar-refractivity contribution in [1.29, 1.82) is 0 Å². The van der Waals surface area contributed by atoms with Crippen molar-refractivity contribution < 1.29 is 9.90 Å². The Kier molecular flexibility index (Phi) is 5.16. The molecule has 4 heteroatoms. The SMILES string of the molecule is CC(C)(C(=O)N1CC(c2ccccc2)CC1CO)c1ccc(Cl)cc1. The molecule has 0 bridgehead atoms. The van der Waals surface area contributed by atoms with Crippen molar-refractivity contribution in [2.24, 2.45) is 0 Å². The van der Waals surface area contributed by atoms with Crippen molar-refractivity contribution in [3.8, 4) is 0 Å². The molecule has 1 aliphatic rings. The molecule has 0 spiro atoms. The van der Waals surface area contributed by atoms with Crippen molar-refractivity contribution in [2.45, 2.75) is 37.6 Å². The van der Waals surface area contributed by atoms with Gasteiger partial charge in [-0.1, -0.05) is 54.1 Å². The number of benzene rings is 2. The van der Waals surface area contributed by atoms with Gasteiger partial charge in [0.25, 0.3) is 0 Å². The molecule has 1 saturated heterocycles. The van der Waals surface area contributed by atoms with Crippen LogP contribution in [0.1, 0.15) is 37.3 Å². The van der Waals surface area contributed by atoms with Crippen LogP contribution < -0.4 is 0 Å². The summed E-state index contributed by atoms with van der Waals surface area (Å²) in [5, 5.41) is 10.5. The van der Waals surface area contributed by atoms with Crippen LogP contribution in [0, 0.1) is 0 Å². The highest BCUT2D eigenvalue weighted by molar-refractivity contribution is 6.30. The van der Waals surface area contributed by atoms with Gasteiger partial charge < -0.3 is 10.0 Å². The highest BCUT2D eigenvalue weighted by Crippen LogP contribution is 2.36. The Morgan fingerprint density at radius 3 is 2.40 bits per heavy atom. The summed E-state index contributed by atoms with van der Waals surface area (Å²) in [6.07, 6.45) is 0.795. The molecule has 0 radical (unpaired) electrons. The van der Waals surface area contributed by atoms with Gasteiger partial charge in [0.1, 0.15) is 0 Å². The number of rotatable bonds is 4. The summed E-state index contributed by atoms with van der Waals surface area (Å²) in [6.45, 7) is 4.50. The zero-order chi connectivity index (χ0) is 18.0. The molecule has 1 fully saturated rings. The van der Waals surface area contributed by atoms with Crippen LogP contribution in [0.4, 0.5) is 0 Å². The van der Waals surface area contributed by atoms with Crippen LogP contribution in [-0.2, 0) is 10.2 Å². The lowest BCUT2D eigenvalue weighted by molar-refractivity contribution is -0.137. The number of halogens is 1. The predicted molar refractivity (Wildman–Crippen MR) is 101 cm³/mol. The Morgan fingerprint density at radius 1 is 1.16 bits per heavy atom. The molecule has 25 heavy (non-hydrogen) atoms. The minimum absolute atomic E-state index is 0.00816. The molecule has 3 rings (SSSR count). The number of hydrogen-bond acceptors (Lipinski definition) is 2. The lowest BCUT2D eigenvalue weighted by Gasteiger charge is -2.33. The molecule has 1 N–H and O–H groups in total. The monoisotopic (exact) mass is 357 g/mol. The molecule has 0 aliphatic carbocycles. The van der Waals surface area contributed by atoms with E-state index in [4.69, 9.17) is 11.6 Å². The first-order valence-corrected chi connectivity index (χ1v) is 9.04. The van der Waals surface area contributed by atoms with E-state index >= 15 is 0 Å². The number of amides is 1. The molecule has 1 aliphatic heterocycles. The topological polar surface area (TPSA) is 40.5 Å². The van der Waals surface area contributed by atoms with E-state index in [1.165, 1.54) is 5.56 Å². The quantitative estimate of drug-likeness (QED) is 0.898. The van der Waals surface area contributed by atoms with Gasteiger partial charge in [0, 0.05) is 17.5 Å². The largest absolute Gasteiger partial charge is 0.394 e. The van der Waals surface area contributed by atoms with E-state index in [9.17, 15) is 9.90 Å². The number of hydrogen-bond donors (Lipinski definition) is 1. The maximum Gasteiger partial charge on any atom is 0.233 e. The normalized spacial score (nSPS) is 20.7. The highest BCUT2D eigenvalue weighted by Gasteiger charge is 2.42. The van der Waals surface area contributed by atoms with E-state index in [-0.39, 0.29) is 24.5 Å². The summed E-state index contributed by atoms with van der Waals surface area (Å²) < 4.78 is 0. The summed E-state index contributed by atoms with van der Waals surface area (Å²) in [4.78, 5) is 15.1. The van der Waals surface area contributed by atoms with E-state index in [1.807, 2.05) is 61.2 Å². The Bertz CT molecular complexity index is 727. The fourth-order valence-electron chi connectivity index (χ4n) is 3.65. The second-order valence-corrected chi connectivity index (χ2v) is 7.71. The van der Waals surface area contributed by atoms with Crippen LogP contribution in [0.25, 0.3) is 0 Å². The maximum absolute atomic E-state index is 13.3. The first kappa shape index (κ1) is 18.0. The second kappa shape index (κ2) is 7.19. The zero-order valence-electron chi connectivity index (χ0n) is 14.7. The van der Waals surface area contributed by atoms with E-state index in [1.54, 1.807) is 0 Å². The molecule has 3 nitrogen and oxygen atoms in total. The number of carbonyl (C=O) groups is 1. The van der Waals surface area contributed by atoms with Gasteiger partial charge in [-0.05, 0) is 43.5 Å². The maximum atomic E-state index is 13.3. The fraction of sp³-hybridized carbons (Fsp3) is 0.381. The highest BCUT2D eigenvalue weighted by atomic mass is 35.5. The smallest absolute Gasteiger partial charge is 0.233 e. The first-order valence-electron chi connectivity index (χ1n) is 8.66. The summed E-state index contributed by atoms with van der Waals surface area (Å²) in [7, 11) is 0. The predicted octanol–water partition coefficient (Wildman–Crippen LogP) is 3.99. The number of likely N-dealkylation sites (tertiary alicyclic amines) is 1. The summed E-state index contributed by atoms with van der Waals surface area (Å²) >= 11 is 5.97. The Balaban J connectivity index is 1.83. The van der Waals surface area contributed by atoms with E-state index in [2.05, 4.69) is 12.1 Å². The molecule has 1 heterocycles. The molecule has 1 amide bonds. The second-order valence-electron chi connectivity index (χ2n) is 7.27. The first-order chi connectivity index (χ1) is 11.9. The van der Waals surface area contributed by atoms with Crippen LogP contribution in [-0.4, -0.2) is 35.1 Å². The molecule has 0 aromatic heterocycles. The minimum atomic E-state index is -0.663. The van der Waals surface area contributed by atoms with E-state index in [0.717, 1.165) is 12.0 Å². The van der Waals surface area contributed by atoms with E-state index < -0.39 is 5.41 Å². The Labute approximate surface area is 154 Å². The molecule has 2 aromatic rings. The summed E-state index contributed by atoms with van der Waals surface area (Å²) in [6, 6.07) is 17.5. The summed E-state index contributed by atoms with van der Waals surface area (Å²) in [5.41, 5.74) is 1.49. The number of nitrogens with zero attached hydrogens (tertiary/aromatic N) is 1. The average Bonchev–Trinajstić information content (AvgIpc) is 3.06. The standard InChI is InChI=1S/C21H24ClNO2/c1-21(2,17-8-10-18(22)11-9-17)20(25)23-13-16(12-19(23)14-24)15-6-4-3-5-7-15/h3-11,16,19,24H,12-14H2,1-2H3. The van der Waals surface area contributed by atoms with Gasteiger partial charge in [0.2, 0.25) is 5.91 Å². The summed E-state index contributed by atoms with van der Waals surface area (Å²) in [5.74, 6) is 0.315. The molecule has 2 unspecified atom stereocenters. The van der Waals surface area contributed by atoms with Crippen molar-refractivity contribution in [3.63, 3.8) is 0 Å². The van der Waals surface area contributed by atoms with Gasteiger partial charge in [0.15, 0.2) is 0 Å². The van der Waals surface area contributed by atoms with Crippen molar-refractivity contribution in [1.82, 2.24) is 4.90 Å². The average molecular weight is 358 g/mol. The molecular formula is C21H24ClNO2. The fourth-order valence-corrected chi connectivity index (χ4v) is 3.78. The number of aliphatic hydroxyl groups excluding tert-OH is 1. The molecule has 0 saturated carbocycles. The van der Waals surface area contributed by atoms with Gasteiger partial charge in [-0.2, -0.15) is 0 Å². The van der Waals surface area contributed by atoms with Crippen LogP contribution in [0.2, 0.25) is 5.02 Å². The van der Waals surface area contributed by atoms with Gasteiger partial charge in [0.05, 0.1) is 18.1 Å². The Hall–Kier alpha value is -1.84. The molecule has 2 atom stereocenters. The van der Waals surface area contributed by atoms with Gasteiger partial charge in [-0.15, -0.1) is 0 Å². The third kappa shape index (κ3) is 3.58. The van der Waals surface area contributed by atoms with Crippen LogP contribution >= 0.6 is 11.6 Å². The molecule has 2 aromatic carbocycles. The zero-order valence-corrected chi connectivity index (χ0v) is 15.4. The van der Waals surface area contributed by atoms with Crippen LogP contribution in [0.3, 0.4) is 0 Å². The minimum Gasteiger partial charge on any atom is -0.394 e. The lowest BCUT2D eigenvalue weighted by Crippen LogP contribution is -2.47. The van der Waals surface area contributed by atoms with Gasteiger partial charge in [-0.25, -0.2) is 0 Å². The molecule has 132 valence electrons. The van der Waals surface area contributed by atoms with Gasteiger partial charge >= 0.3 is 0 Å². The van der Waals surface area contributed by atoms with E-state index in [0.29, 0.717) is 11.6 Å². The Morgan fingerprint density at radius 2 is 1.80 bits per heavy atom. The number of carbonyl (C=O) groups excluding carboxylic acids is 1. The molecular weight excluding hydrogens is 334 g/mol.